The lowest BCUT2D eigenvalue weighted by Gasteiger charge is -2.14. The van der Waals surface area contributed by atoms with Crippen LogP contribution in [0.4, 0.5) is 4.79 Å². The minimum absolute atomic E-state index is 0.0263. The first-order valence-electron chi connectivity index (χ1n) is 10.7. The predicted molar refractivity (Wildman–Crippen MR) is 123 cm³/mol. The van der Waals surface area contributed by atoms with Gasteiger partial charge in [0, 0.05) is 24.8 Å². The Bertz CT molecular complexity index is 966. The van der Waals surface area contributed by atoms with Crippen LogP contribution in [-0.2, 0) is 14.3 Å². The van der Waals surface area contributed by atoms with Crippen LogP contribution in [0.1, 0.15) is 23.5 Å². The summed E-state index contributed by atoms with van der Waals surface area (Å²) in [5.74, 6) is -0.292. The average Bonchev–Trinajstić information content (AvgIpc) is 3.52. The van der Waals surface area contributed by atoms with Crippen molar-refractivity contribution in [1.29, 1.82) is 0 Å². The Morgan fingerprint density at radius 1 is 1.00 bits per heavy atom. The van der Waals surface area contributed by atoms with Gasteiger partial charge in [-0.2, -0.15) is 11.8 Å². The molecule has 7 nitrogen and oxygen atoms in total. The monoisotopic (exact) mass is 454 g/mol. The number of hydrogen-bond acceptors (Lipinski definition) is 5. The Balaban J connectivity index is 1.12. The number of rotatable bonds is 10. The van der Waals surface area contributed by atoms with Gasteiger partial charge in [-0.15, -0.1) is 0 Å². The van der Waals surface area contributed by atoms with Gasteiger partial charge in [-0.25, -0.2) is 4.79 Å². The first-order valence-corrected chi connectivity index (χ1v) is 11.9. The lowest BCUT2D eigenvalue weighted by Crippen LogP contribution is -2.30. The molecule has 0 radical (unpaired) electrons. The van der Waals surface area contributed by atoms with E-state index in [4.69, 9.17) is 9.84 Å². The first-order chi connectivity index (χ1) is 15.5. The first kappa shape index (κ1) is 22.2. The van der Waals surface area contributed by atoms with Gasteiger partial charge in [0.2, 0.25) is 5.91 Å². The molecule has 168 valence electrons. The number of benzene rings is 2. The van der Waals surface area contributed by atoms with E-state index in [9.17, 15) is 14.4 Å². The second kappa shape index (κ2) is 10.1. The van der Waals surface area contributed by atoms with Crippen LogP contribution in [0, 0.1) is 11.8 Å². The quantitative estimate of drug-likeness (QED) is 0.477. The van der Waals surface area contributed by atoms with E-state index in [0.29, 0.717) is 25.3 Å². The molecule has 0 heterocycles. The number of carboxylic acid groups (broad SMARTS) is 1. The van der Waals surface area contributed by atoms with Gasteiger partial charge in [0.1, 0.15) is 6.61 Å². The number of hydrogen-bond donors (Lipinski definition) is 3. The highest BCUT2D eigenvalue weighted by Gasteiger charge is 2.42. The van der Waals surface area contributed by atoms with Gasteiger partial charge < -0.3 is 20.5 Å². The summed E-state index contributed by atoms with van der Waals surface area (Å²) in [6, 6.07) is 16.4. The fraction of sp³-hybridized carbons (Fsp3) is 0.375. The minimum atomic E-state index is -0.794. The maximum absolute atomic E-state index is 12.1. The van der Waals surface area contributed by atoms with Crippen LogP contribution < -0.4 is 10.6 Å². The van der Waals surface area contributed by atoms with Crippen molar-refractivity contribution in [1.82, 2.24) is 10.6 Å². The van der Waals surface area contributed by atoms with Crippen molar-refractivity contribution in [3.8, 4) is 11.1 Å². The molecule has 0 unspecified atom stereocenters. The van der Waals surface area contributed by atoms with E-state index in [2.05, 4.69) is 34.9 Å². The molecule has 3 N–H and O–H groups in total. The molecule has 8 heteroatoms. The summed E-state index contributed by atoms with van der Waals surface area (Å²) in [6.45, 7) is 1.08. The number of ether oxygens (including phenoxy) is 1. The zero-order chi connectivity index (χ0) is 22.5. The molecule has 2 aromatic rings. The number of nitrogens with one attached hydrogen (secondary N) is 2. The SMILES string of the molecule is O=C(CSCCNC(=O)OCC1c2ccccc2-c2ccccc21)NC[C@H]1C[C@H]1C(=O)O. The number of alkyl carbamates (subject to hydrolysis) is 1. The maximum atomic E-state index is 12.1. The highest BCUT2D eigenvalue weighted by Crippen LogP contribution is 2.44. The molecule has 4 rings (SSSR count). The zero-order valence-electron chi connectivity index (χ0n) is 17.6. The van der Waals surface area contributed by atoms with Gasteiger partial charge in [-0.3, -0.25) is 9.59 Å². The van der Waals surface area contributed by atoms with Crippen molar-refractivity contribution in [2.24, 2.45) is 11.8 Å². The molecular formula is C24H26N2O5S. The van der Waals surface area contributed by atoms with Gasteiger partial charge in [-0.1, -0.05) is 48.5 Å². The molecule has 1 saturated carbocycles. The Kier molecular flexibility index (Phi) is 6.99. The Morgan fingerprint density at radius 3 is 2.28 bits per heavy atom. The molecule has 2 aliphatic carbocycles. The van der Waals surface area contributed by atoms with Gasteiger partial charge >= 0.3 is 12.1 Å². The number of carbonyl (C=O) groups excluding carboxylic acids is 2. The summed E-state index contributed by atoms with van der Waals surface area (Å²) in [5, 5.41) is 14.3. The fourth-order valence-corrected chi connectivity index (χ4v) is 4.79. The molecule has 1 fully saturated rings. The summed E-state index contributed by atoms with van der Waals surface area (Å²) < 4.78 is 5.48. The number of fused-ring (bicyclic) bond motifs is 3. The van der Waals surface area contributed by atoms with Crippen molar-refractivity contribution in [2.75, 3.05) is 31.2 Å². The second-order valence-corrected chi connectivity index (χ2v) is 9.15. The molecule has 0 spiro atoms. The van der Waals surface area contributed by atoms with E-state index in [0.717, 1.165) is 0 Å². The molecular weight excluding hydrogens is 428 g/mol. The molecule has 2 aromatic carbocycles. The molecule has 0 aromatic heterocycles. The third-order valence-corrected chi connectivity index (χ3v) is 6.85. The van der Waals surface area contributed by atoms with Gasteiger partial charge in [-0.05, 0) is 34.6 Å². The third-order valence-electron chi connectivity index (χ3n) is 5.89. The van der Waals surface area contributed by atoms with Crippen LogP contribution >= 0.6 is 11.8 Å². The average molecular weight is 455 g/mol. The molecule has 0 aliphatic heterocycles. The van der Waals surface area contributed by atoms with Gasteiger partial charge in [0.25, 0.3) is 0 Å². The smallest absolute Gasteiger partial charge is 0.407 e. The molecule has 0 bridgehead atoms. The summed E-state index contributed by atoms with van der Waals surface area (Å²) in [6.07, 6.45) is 0.165. The fourth-order valence-electron chi connectivity index (χ4n) is 4.11. The molecule has 0 saturated heterocycles. The van der Waals surface area contributed by atoms with Crippen LogP contribution in [-0.4, -0.2) is 54.3 Å². The summed E-state index contributed by atoms with van der Waals surface area (Å²) in [7, 11) is 0. The van der Waals surface area contributed by atoms with E-state index in [1.807, 2.05) is 24.3 Å². The number of amides is 2. The Hall–Kier alpha value is -3.00. The zero-order valence-corrected chi connectivity index (χ0v) is 18.4. The van der Waals surface area contributed by atoms with Crippen molar-refractivity contribution in [3.63, 3.8) is 0 Å². The second-order valence-electron chi connectivity index (χ2n) is 8.05. The normalized spacial score (nSPS) is 18.4. The number of thioether (sulfide) groups is 1. The van der Waals surface area contributed by atoms with Crippen molar-refractivity contribution in [3.05, 3.63) is 59.7 Å². The number of carbonyl (C=O) groups is 3. The maximum Gasteiger partial charge on any atom is 0.407 e. The molecule has 2 atom stereocenters. The van der Waals surface area contributed by atoms with Crippen LogP contribution in [0.5, 0.6) is 0 Å². The highest BCUT2D eigenvalue weighted by molar-refractivity contribution is 7.99. The van der Waals surface area contributed by atoms with Crippen LogP contribution in [0.3, 0.4) is 0 Å². The molecule has 32 heavy (non-hydrogen) atoms. The van der Waals surface area contributed by atoms with Crippen molar-refractivity contribution in [2.45, 2.75) is 12.3 Å². The van der Waals surface area contributed by atoms with Crippen LogP contribution in [0.2, 0.25) is 0 Å². The van der Waals surface area contributed by atoms with Crippen molar-refractivity contribution < 1.29 is 24.2 Å². The van der Waals surface area contributed by atoms with Crippen molar-refractivity contribution >= 4 is 29.7 Å². The van der Waals surface area contributed by atoms with E-state index >= 15 is 0 Å². The summed E-state index contributed by atoms with van der Waals surface area (Å²) in [5.41, 5.74) is 4.71. The lowest BCUT2D eigenvalue weighted by atomic mass is 9.98. The molecule has 2 amide bonds. The summed E-state index contributed by atoms with van der Waals surface area (Å²) >= 11 is 1.41. The van der Waals surface area contributed by atoms with Gasteiger partial charge in [0.15, 0.2) is 0 Å². The van der Waals surface area contributed by atoms with Gasteiger partial charge in [0.05, 0.1) is 11.7 Å². The van der Waals surface area contributed by atoms with E-state index in [1.54, 1.807) is 0 Å². The topological polar surface area (TPSA) is 105 Å². The van der Waals surface area contributed by atoms with E-state index < -0.39 is 12.1 Å². The number of aliphatic carboxylic acids is 1. The highest BCUT2D eigenvalue weighted by atomic mass is 32.2. The summed E-state index contributed by atoms with van der Waals surface area (Å²) in [4.78, 5) is 34.7. The molecule has 2 aliphatic rings. The largest absolute Gasteiger partial charge is 0.481 e. The lowest BCUT2D eigenvalue weighted by molar-refractivity contribution is -0.139. The van der Waals surface area contributed by atoms with E-state index in [1.165, 1.54) is 34.0 Å². The van der Waals surface area contributed by atoms with Crippen LogP contribution in [0.15, 0.2) is 48.5 Å². The predicted octanol–water partition coefficient (Wildman–Crippen LogP) is 3.10. The van der Waals surface area contributed by atoms with Crippen LogP contribution in [0.25, 0.3) is 11.1 Å². The van der Waals surface area contributed by atoms with E-state index in [-0.39, 0.29) is 36.0 Å². The minimum Gasteiger partial charge on any atom is -0.481 e. The third kappa shape index (κ3) is 5.24. The number of carboxylic acids is 1. The standard InChI is InChI=1S/C24H26N2O5S/c27-22(26-12-15-11-20(15)23(28)29)14-32-10-9-25-24(30)31-13-21-18-7-3-1-5-16(18)17-6-2-4-8-19(17)21/h1-8,15,20-21H,9-14H2,(H,25,30)(H,26,27)(H,28,29)/t15-,20-/m1/s1. The Labute approximate surface area is 190 Å². The Morgan fingerprint density at radius 2 is 1.66 bits per heavy atom.